The molecule has 3 heterocycles. The molecule has 2 aliphatic heterocycles. The van der Waals surface area contributed by atoms with E-state index in [9.17, 15) is 4.79 Å². The number of hydrogen-bond donors (Lipinski definition) is 1. The summed E-state index contributed by atoms with van der Waals surface area (Å²) in [5.74, 6) is 1.69. The molecular formula is C19H24ClN5O4. The van der Waals surface area contributed by atoms with Crippen LogP contribution in [0.3, 0.4) is 0 Å². The molecule has 0 aliphatic carbocycles. The van der Waals surface area contributed by atoms with Crippen LogP contribution in [0.15, 0.2) is 6.07 Å². The number of nitrogens with zero attached hydrogens (tertiary/aromatic N) is 4. The number of piperazine rings is 1. The number of nitrogen functional groups attached to an aromatic ring is 1. The Hall–Kier alpha value is -2.52. The van der Waals surface area contributed by atoms with Gasteiger partial charge < -0.3 is 29.7 Å². The van der Waals surface area contributed by atoms with E-state index in [0.29, 0.717) is 72.0 Å². The van der Waals surface area contributed by atoms with Gasteiger partial charge in [-0.15, -0.1) is 0 Å². The van der Waals surface area contributed by atoms with Gasteiger partial charge in [0.25, 0.3) is 5.91 Å². The van der Waals surface area contributed by atoms with E-state index in [1.807, 2.05) is 9.80 Å². The van der Waals surface area contributed by atoms with Crippen LogP contribution in [0.2, 0.25) is 5.02 Å². The van der Waals surface area contributed by atoms with Crippen molar-refractivity contribution in [1.82, 2.24) is 14.9 Å². The maximum Gasteiger partial charge on any atom is 0.251 e. The van der Waals surface area contributed by atoms with E-state index in [1.165, 1.54) is 14.2 Å². The van der Waals surface area contributed by atoms with Crippen molar-refractivity contribution in [3.8, 4) is 11.5 Å². The molecule has 4 rings (SSSR count). The molecule has 0 bridgehead atoms. The van der Waals surface area contributed by atoms with Gasteiger partial charge in [-0.05, 0) is 18.9 Å². The highest BCUT2D eigenvalue weighted by molar-refractivity contribution is 6.33. The average molecular weight is 422 g/mol. The Kier molecular flexibility index (Phi) is 5.51. The Morgan fingerprint density at radius 2 is 1.93 bits per heavy atom. The molecule has 2 N–H and O–H groups in total. The Morgan fingerprint density at radius 1 is 1.21 bits per heavy atom. The third-order valence-corrected chi connectivity index (χ3v) is 5.64. The molecule has 1 aromatic heterocycles. The molecule has 10 heteroatoms. The molecule has 2 aromatic rings. The number of ether oxygens (including phenoxy) is 3. The fourth-order valence-electron chi connectivity index (χ4n) is 3.82. The Bertz CT molecular complexity index is 927. The van der Waals surface area contributed by atoms with Gasteiger partial charge in [0.1, 0.15) is 17.4 Å². The van der Waals surface area contributed by atoms with Gasteiger partial charge in [0, 0.05) is 38.2 Å². The highest BCUT2D eigenvalue weighted by Gasteiger charge is 2.31. The quantitative estimate of drug-likeness (QED) is 0.795. The second-order valence-electron chi connectivity index (χ2n) is 7.04. The first-order valence-electron chi connectivity index (χ1n) is 9.56. The zero-order chi connectivity index (χ0) is 20.5. The lowest BCUT2D eigenvalue weighted by molar-refractivity contribution is -0.141. The fourth-order valence-corrected chi connectivity index (χ4v) is 4.09. The van der Waals surface area contributed by atoms with E-state index in [0.717, 1.165) is 12.8 Å². The van der Waals surface area contributed by atoms with Crippen molar-refractivity contribution in [3.63, 3.8) is 0 Å². The van der Waals surface area contributed by atoms with E-state index >= 15 is 0 Å². The summed E-state index contributed by atoms with van der Waals surface area (Å²) < 4.78 is 16.4. The highest BCUT2D eigenvalue weighted by Crippen LogP contribution is 2.42. The Balaban J connectivity index is 1.58. The molecule has 0 saturated carbocycles. The minimum Gasteiger partial charge on any atom is -0.491 e. The summed E-state index contributed by atoms with van der Waals surface area (Å²) in [4.78, 5) is 25.5. The molecule has 0 spiro atoms. The molecular weight excluding hydrogens is 398 g/mol. The number of benzene rings is 1. The minimum absolute atomic E-state index is 0.0714. The number of hydrogen-bond acceptors (Lipinski definition) is 8. The van der Waals surface area contributed by atoms with Gasteiger partial charge in [-0.1, -0.05) is 11.6 Å². The van der Waals surface area contributed by atoms with Gasteiger partial charge in [-0.25, -0.2) is 4.98 Å². The van der Waals surface area contributed by atoms with Crippen molar-refractivity contribution in [2.75, 3.05) is 57.6 Å². The number of fused-ring (bicyclic) bond motifs is 1. The fraction of sp³-hybridized carbons (Fsp3) is 0.526. The molecule has 1 aromatic carbocycles. The summed E-state index contributed by atoms with van der Waals surface area (Å²) >= 11 is 6.27. The normalized spacial score (nSPS) is 19.6. The number of amides is 1. The minimum atomic E-state index is -0.296. The highest BCUT2D eigenvalue weighted by atomic mass is 35.5. The molecule has 2 fully saturated rings. The Morgan fingerprint density at radius 3 is 2.55 bits per heavy atom. The first-order valence-corrected chi connectivity index (χ1v) is 9.94. The predicted octanol–water partition coefficient (Wildman–Crippen LogP) is 1.71. The number of carbonyl (C=O) groups excluding carboxylic acids is 1. The van der Waals surface area contributed by atoms with Crippen LogP contribution in [0.5, 0.6) is 11.5 Å². The molecule has 1 amide bonds. The number of halogens is 1. The first-order chi connectivity index (χ1) is 14.0. The molecule has 0 radical (unpaired) electrons. The monoisotopic (exact) mass is 421 g/mol. The zero-order valence-electron chi connectivity index (χ0n) is 16.5. The van der Waals surface area contributed by atoms with Crippen LogP contribution in [0.25, 0.3) is 10.9 Å². The smallest absolute Gasteiger partial charge is 0.251 e. The SMILES string of the molecule is COc1c(Cl)cc2c(N)nc(N3CCN(C(=O)C4CCCO4)CC3)nc2c1OC. The molecule has 2 saturated heterocycles. The standard InChI is InChI=1S/C19H24ClN5O4/c1-27-15-12(20)10-11-14(16(15)28-2)22-19(23-17(11)21)25-7-5-24(6-8-25)18(26)13-4-3-9-29-13/h10,13H,3-9H2,1-2H3,(H2,21,22,23). The summed E-state index contributed by atoms with van der Waals surface area (Å²) in [5, 5.41) is 0.977. The number of nitrogens with two attached hydrogens (primary N) is 1. The Labute approximate surface area is 173 Å². The van der Waals surface area contributed by atoms with E-state index < -0.39 is 0 Å². The van der Waals surface area contributed by atoms with Crippen LogP contribution < -0.4 is 20.1 Å². The number of anilines is 2. The molecule has 29 heavy (non-hydrogen) atoms. The lowest BCUT2D eigenvalue weighted by atomic mass is 10.2. The van der Waals surface area contributed by atoms with E-state index in [1.54, 1.807) is 6.07 Å². The molecule has 156 valence electrons. The predicted molar refractivity (Wildman–Crippen MR) is 110 cm³/mol. The maximum absolute atomic E-state index is 12.5. The summed E-state index contributed by atoms with van der Waals surface area (Å²) in [6.45, 7) is 3.05. The first kappa shape index (κ1) is 19.8. The topological polar surface area (TPSA) is 103 Å². The van der Waals surface area contributed by atoms with E-state index in [2.05, 4.69) is 9.97 Å². The van der Waals surface area contributed by atoms with Crippen molar-refractivity contribution < 1.29 is 19.0 Å². The number of rotatable bonds is 4. The summed E-state index contributed by atoms with van der Waals surface area (Å²) in [6.07, 6.45) is 1.44. The van der Waals surface area contributed by atoms with Crippen LogP contribution >= 0.6 is 11.6 Å². The lowest BCUT2D eigenvalue weighted by Gasteiger charge is -2.35. The summed E-state index contributed by atoms with van der Waals surface area (Å²) in [6, 6.07) is 1.68. The van der Waals surface area contributed by atoms with Gasteiger partial charge in [-0.2, -0.15) is 4.98 Å². The number of methoxy groups -OCH3 is 2. The largest absolute Gasteiger partial charge is 0.491 e. The van der Waals surface area contributed by atoms with Crippen molar-refractivity contribution in [3.05, 3.63) is 11.1 Å². The average Bonchev–Trinajstić information content (AvgIpc) is 3.27. The number of aromatic nitrogens is 2. The molecule has 2 aliphatic rings. The molecule has 9 nitrogen and oxygen atoms in total. The van der Waals surface area contributed by atoms with Crippen LogP contribution in [0.1, 0.15) is 12.8 Å². The van der Waals surface area contributed by atoms with Gasteiger partial charge in [0.2, 0.25) is 5.95 Å². The number of carbonyl (C=O) groups is 1. The second-order valence-corrected chi connectivity index (χ2v) is 7.45. The lowest BCUT2D eigenvalue weighted by Crippen LogP contribution is -2.51. The van der Waals surface area contributed by atoms with Crippen molar-refractivity contribution in [2.24, 2.45) is 0 Å². The van der Waals surface area contributed by atoms with Gasteiger partial charge in [-0.3, -0.25) is 4.79 Å². The second kappa shape index (κ2) is 8.08. The maximum atomic E-state index is 12.5. The third-order valence-electron chi connectivity index (χ3n) is 5.36. The van der Waals surface area contributed by atoms with Crippen molar-refractivity contribution in [1.29, 1.82) is 0 Å². The van der Waals surface area contributed by atoms with Crippen LogP contribution in [-0.4, -0.2) is 73.9 Å². The van der Waals surface area contributed by atoms with E-state index in [4.69, 9.17) is 31.5 Å². The van der Waals surface area contributed by atoms with E-state index in [-0.39, 0.29) is 12.0 Å². The third kappa shape index (κ3) is 3.60. The van der Waals surface area contributed by atoms with Gasteiger partial charge in [0.05, 0.1) is 19.2 Å². The summed E-state index contributed by atoms with van der Waals surface area (Å²) in [7, 11) is 3.05. The van der Waals surface area contributed by atoms with Crippen LogP contribution in [0, 0.1) is 0 Å². The van der Waals surface area contributed by atoms with Gasteiger partial charge in [0.15, 0.2) is 11.5 Å². The van der Waals surface area contributed by atoms with Crippen LogP contribution in [-0.2, 0) is 9.53 Å². The van der Waals surface area contributed by atoms with Crippen molar-refractivity contribution in [2.45, 2.75) is 18.9 Å². The zero-order valence-corrected chi connectivity index (χ0v) is 17.2. The van der Waals surface area contributed by atoms with Crippen molar-refractivity contribution >= 4 is 40.2 Å². The summed E-state index contributed by atoms with van der Waals surface area (Å²) in [5.41, 5.74) is 6.73. The van der Waals surface area contributed by atoms with Crippen LogP contribution in [0.4, 0.5) is 11.8 Å². The van der Waals surface area contributed by atoms with Gasteiger partial charge >= 0.3 is 0 Å². The molecule has 1 atom stereocenters. The molecule has 1 unspecified atom stereocenters.